The summed E-state index contributed by atoms with van der Waals surface area (Å²) in [6, 6.07) is -0.307. The van der Waals surface area contributed by atoms with Crippen LogP contribution in [-0.4, -0.2) is 30.0 Å². The average Bonchev–Trinajstić information content (AvgIpc) is 2.34. The molecule has 1 aliphatic heterocycles. The topological polar surface area (TPSA) is 55.1 Å². The molecule has 0 saturated carbocycles. The van der Waals surface area contributed by atoms with Crippen molar-refractivity contribution in [2.75, 3.05) is 18.1 Å². The van der Waals surface area contributed by atoms with Gasteiger partial charge in [-0.25, -0.2) is 0 Å². The van der Waals surface area contributed by atoms with Gasteiger partial charge in [-0.2, -0.15) is 11.8 Å². The van der Waals surface area contributed by atoms with E-state index >= 15 is 0 Å². The number of carbonyl (C=O) groups excluding carboxylic acids is 1. The molecule has 0 aromatic rings. The van der Waals surface area contributed by atoms with Crippen molar-refractivity contribution in [3.63, 3.8) is 0 Å². The van der Waals surface area contributed by atoms with E-state index in [0.717, 1.165) is 25.8 Å². The van der Waals surface area contributed by atoms with Gasteiger partial charge < -0.3 is 11.1 Å². The van der Waals surface area contributed by atoms with E-state index in [4.69, 9.17) is 5.73 Å². The minimum Gasteiger partial charge on any atom is -0.354 e. The van der Waals surface area contributed by atoms with Gasteiger partial charge in [-0.05, 0) is 36.7 Å². The Morgan fingerprint density at radius 1 is 1.50 bits per heavy atom. The first-order valence-electron chi connectivity index (χ1n) is 6.35. The summed E-state index contributed by atoms with van der Waals surface area (Å²) in [6.45, 7) is 2.93. The molecule has 0 unspecified atom stereocenters. The van der Waals surface area contributed by atoms with E-state index in [1.807, 2.05) is 11.8 Å². The van der Waals surface area contributed by atoms with E-state index in [0.29, 0.717) is 5.92 Å². The van der Waals surface area contributed by atoms with E-state index in [1.54, 1.807) is 0 Å². The fraction of sp³-hybridized carbons (Fsp3) is 0.917. The third-order valence-corrected chi connectivity index (χ3v) is 4.16. The van der Waals surface area contributed by atoms with Crippen LogP contribution in [0.25, 0.3) is 0 Å². The van der Waals surface area contributed by atoms with Gasteiger partial charge >= 0.3 is 0 Å². The Labute approximate surface area is 103 Å². The Balaban J connectivity index is 2.12. The zero-order chi connectivity index (χ0) is 11.8. The van der Waals surface area contributed by atoms with Gasteiger partial charge in [0, 0.05) is 6.54 Å². The van der Waals surface area contributed by atoms with Crippen molar-refractivity contribution in [3.8, 4) is 0 Å². The first-order chi connectivity index (χ1) is 7.74. The van der Waals surface area contributed by atoms with E-state index < -0.39 is 0 Å². The molecule has 94 valence electrons. The second-order valence-corrected chi connectivity index (χ2v) is 5.77. The summed E-state index contributed by atoms with van der Waals surface area (Å²) in [6.07, 6.45) is 5.41. The van der Waals surface area contributed by atoms with E-state index in [9.17, 15) is 4.79 Å². The van der Waals surface area contributed by atoms with Gasteiger partial charge in [-0.1, -0.05) is 19.8 Å². The lowest BCUT2D eigenvalue weighted by molar-refractivity contribution is -0.122. The highest BCUT2D eigenvalue weighted by Gasteiger charge is 2.17. The number of amides is 1. The largest absolute Gasteiger partial charge is 0.354 e. The zero-order valence-electron chi connectivity index (χ0n) is 10.2. The summed E-state index contributed by atoms with van der Waals surface area (Å²) < 4.78 is 0. The molecule has 0 aliphatic carbocycles. The van der Waals surface area contributed by atoms with Crippen molar-refractivity contribution in [3.05, 3.63) is 0 Å². The highest BCUT2D eigenvalue weighted by Crippen LogP contribution is 2.21. The molecular formula is C12H24N2OS. The molecule has 16 heavy (non-hydrogen) atoms. The first kappa shape index (κ1) is 13.8. The van der Waals surface area contributed by atoms with Crippen LogP contribution in [0.15, 0.2) is 0 Å². The molecular weight excluding hydrogens is 220 g/mol. The molecule has 0 radical (unpaired) electrons. The summed E-state index contributed by atoms with van der Waals surface area (Å²) >= 11 is 2.01. The van der Waals surface area contributed by atoms with Crippen LogP contribution in [0.5, 0.6) is 0 Å². The van der Waals surface area contributed by atoms with Gasteiger partial charge in [0.05, 0.1) is 6.04 Å². The van der Waals surface area contributed by atoms with E-state index in [1.165, 1.54) is 24.3 Å². The molecule has 3 N–H and O–H groups in total. The number of unbranched alkanes of at least 4 members (excludes halogenated alkanes) is 1. The number of hydrogen-bond acceptors (Lipinski definition) is 3. The maximum Gasteiger partial charge on any atom is 0.236 e. The van der Waals surface area contributed by atoms with Crippen molar-refractivity contribution < 1.29 is 4.79 Å². The van der Waals surface area contributed by atoms with Crippen LogP contribution in [0.4, 0.5) is 0 Å². The monoisotopic (exact) mass is 244 g/mol. The predicted octanol–water partition coefficient (Wildman–Crippen LogP) is 1.76. The fourth-order valence-electron chi connectivity index (χ4n) is 1.88. The number of hydrogen-bond donors (Lipinski definition) is 2. The quantitative estimate of drug-likeness (QED) is 0.748. The highest BCUT2D eigenvalue weighted by molar-refractivity contribution is 7.99. The van der Waals surface area contributed by atoms with Crippen LogP contribution in [0, 0.1) is 5.92 Å². The second kappa shape index (κ2) is 7.96. The minimum atomic E-state index is -0.307. The standard InChI is InChI=1S/C12H24N2OS/c1-2-3-4-11(13)12(15)14-9-10-5-7-16-8-6-10/h10-11H,2-9,13H2,1H3,(H,14,15)/t11-/m0/s1. The number of carbonyl (C=O) groups is 1. The molecule has 0 spiro atoms. The van der Waals surface area contributed by atoms with Crippen LogP contribution < -0.4 is 11.1 Å². The number of rotatable bonds is 6. The van der Waals surface area contributed by atoms with E-state index in [2.05, 4.69) is 12.2 Å². The smallest absolute Gasteiger partial charge is 0.236 e. The Kier molecular flexibility index (Phi) is 6.88. The minimum absolute atomic E-state index is 0.0340. The molecule has 0 aromatic heterocycles. The maximum absolute atomic E-state index is 11.7. The van der Waals surface area contributed by atoms with Crippen molar-refractivity contribution in [2.45, 2.75) is 45.1 Å². The number of thioether (sulfide) groups is 1. The van der Waals surface area contributed by atoms with Gasteiger partial charge in [0.25, 0.3) is 0 Å². The van der Waals surface area contributed by atoms with Gasteiger partial charge in [0.2, 0.25) is 5.91 Å². The lowest BCUT2D eigenvalue weighted by Crippen LogP contribution is -2.42. The van der Waals surface area contributed by atoms with Gasteiger partial charge in [-0.3, -0.25) is 4.79 Å². The molecule has 1 saturated heterocycles. The van der Waals surface area contributed by atoms with Crippen LogP contribution in [0.1, 0.15) is 39.0 Å². The zero-order valence-corrected chi connectivity index (χ0v) is 11.0. The summed E-state index contributed by atoms with van der Waals surface area (Å²) in [5, 5.41) is 2.99. The summed E-state index contributed by atoms with van der Waals surface area (Å²) in [4.78, 5) is 11.7. The molecule has 0 bridgehead atoms. The second-order valence-electron chi connectivity index (χ2n) is 4.55. The molecule has 3 nitrogen and oxygen atoms in total. The number of nitrogens with one attached hydrogen (secondary N) is 1. The predicted molar refractivity (Wildman–Crippen MR) is 70.6 cm³/mol. The van der Waals surface area contributed by atoms with Gasteiger partial charge in [0.15, 0.2) is 0 Å². The number of nitrogens with two attached hydrogens (primary N) is 1. The molecule has 1 rings (SSSR count). The summed E-state index contributed by atoms with van der Waals surface area (Å²) in [5.74, 6) is 3.18. The lowest BCUT2D eigenvalue weighted by atomic mass is 10.0. The van der Waals surface area contributed by atoms with E-state index in [-0.39, 0.29) is 11.9 Å². The molecule has 1 fully saturated rings. The van der Waals surface area contributed by atoms with Crippen molar-refractivity contribution in [1.29, 1.82) is 0 Å². The SMILES string of the molecule is CCCC[C@H](N)C(=O)NCC1CCSCC1. The summed E-state index contributed by atoms with van der Waals surface area (Å²) in [7, 11) is 0. The van der Waals surface area contributed by atoms with Crippen molar-refractivity contribution in [2.24, 2.45) is 11.7 Å². The highest BCUT2D eigenvalue weighted by atomic mass is 32.2. The normalized spacial score (nSPS) is 19.4. The molecule has 0 aromatic carbocycles. The van der Waals surface area contributed by atoms with Crippen LogP contribution in [-0.2, 0) is 4.79 Å². The van der Waals surface area contributed by atoms with Crippen molar-refractivity contribution in [1.82, 2.24) is 5.32 Å². The maximum atomic E-state index is 11.7. The Morgan fingerprint density at radius 2 is 2.19 bits per heavy atom. The molecule has 1 aliphatic rings. The van der Waals surface area contributed by atoms with Crippen molar-refractivity contribution >= 4 is 17.7 Å². The molecule has 1 amide bonds. The van der Waals surface area contributed by atoms with Gasteiger partial charge in [-0.15, -0.1) is 0 Å². The van der Waals surface area contributed by atoms with Crippen LogP contribution >= 0.6 is 11.8 Å². The third-order valence-electron chi connectivity index (χ3n) is 3.11. The Bertz CT molecular complexity index is 205. The average molecular weight is 244 g/mol. The van der Waals surface area contributed by atoms with Crippen LogP contribution in [0.3, 0.4) is 0 Å². The molecule has 1 atom stereocenters. The van der Waals surface area contributed by atoms with Crippen LogP contribution in [0.2, 0.25) is 0 Å². The first-order valence-corrected chi connectivity index (χ1v) is 7.50. The lowest BCUT2D eigenvalue weighted by Gasteiger charge is -2.22. The Morgan fingerprint density at radius 3 is 2.81 bits per heavy atom. The summed E-state index contributed by atoms with van der Waals surface area (Å²) in [5.41, 5.74) is 5.80. The molecule has 1 heterocycles. The Hall–Kier alpha value is -0.220. The third kappa shape index (κ3) is 5.21. The fourth-order valence-corrected chi connectivity index (χ4v) is 3.09. The molecule has 4 heteroatoms. The van der Waals surface area contributed by atoms with Gasteiger partial charge in [0.1, 0.15) is 0 Å².